The Morgan fingerprint density at radius 1 is 1.03 bits per heavy atom. The van der Waals surface area contributed by atoms with Gasteiger partial charge in [-0.25, -0.2) is 4.79 Å². The Kier molecular flexibility index (Phi) is 6.79. The number of ether oxygens (including phenoxy) is 1. The molecule has 0 bridgehead atoms. The second-order valence-electron chi connectivity index (χ2n) is 7.76. The van der Waals surface area contributed by atoms with E-state index < -0.39 is 24.1 Å². The predicted molar refractivity (Wildman–Crippen MR) is 129 cm³/mol. The fourth-order valence-corrected chi connectivity index (χ4v) is 3.82. The fourth-order valence-electron chi connectivity index (χ4n) is 3.82. The fraction of sp³-hybridized carbons (Fsp3) is 0.154. The average molecular weight is 460 g/mol. The van der Waals surface area contributed by atoms with E-state index in [4.69, 9.17) is 4.74 Å². The van der Waals surface area contributed by atoms with E-state index in [0.717, 1.165) is 21.3 Å². The molecule has 0 saturated carbocycles. The number of nitrogens with zero attached hydrogens (tertiary/aromatic N) is 1. The monoisotopic (exact) mass is 459 g/mol. The van der Waals surface area contributed by atoms with E-state index >= 15 is 0 Å². The molecule has 0 aliphatic heterocycles. The highest BCUT2D eigenvalue weighted by Crippen LogP contribution is 2.31. The van der Waals surface area contributed by atoms with Gasteiger partial charge in [0, 0.05) is 5.69 Å². The number of aliphatic hydroxyl groups is 1. The van der Waals surface area contributed by atoms with Crippen LogP contribution in [0.2, 0.25) is 0 Å². The molecule has 4 N–H and O–H groups in total. The predicted octanol–water partition coefficient (Wildman–Crippen LogP) is 3.32. The van der Waals surface area contributed by atoms with Gasteiger partial charge in [0.05, 0.1) is 25.3 Å². The molecule has 8 heteroatoms. The lowest BCUT2D eigenvalue weighted by Crippen LogP contribution is -2.25. The van der Waals surface area contributed by atoms with Gasteiger partial charge >= 0.3 is 5.69 Å². The van der Waals surface area contributed by atoms with Crippen molar-refractivity contribution in [3.8, 4) is 22.8 Å². The second-order valence-corrected chi connectivity index (χ2v) is 7.76. The third-order valence-corrected chi connectivity index (χ3v) is 5.59. The van der Waals surface area contributed by atoms with Gasteiger partial charge in [0.2, 0.25) is 11.8 Å². The van der Waals surface area contributed by atoms with Gasteiger partial charge in [0.25, 0.3) is 0 Å². The second kappa shape index (κ2) is 10.1. The smallest absolute Gasteiger partial charge is 0.329 e. The number of H-pyrrole nitrogens is 1. The lowest BCUT2D eigenvalue weighted by molar-refractivity contribution is -0.116. The Labute approximate surface area is 196 Å². The van der Waals surface area contributed by atoms with Crippen LogP contribution in [0.4, 0.5) is 5.69 Å². The van der Waals surface area contributed by atoms with E-state index in [-0.39, 0.29) is 18.2 Å². The summed E-state index contributed by atoms with van der Waals surface area (Å²) in [7, 11) is 1.55. The molecule has 4 rings (SSSR count). The molecular weight excluding hydrogens is 434 g/mol. The van der Waals surface area contributed by atoms with E-state index in [0.29, 0.717) is 11.4 Å². The van der Waals surface area contributed by atoms with Gasteiger partial charge in [0.15, 0.2) is 0 Å². The van der Waals surface area contributed by atoms with Gasteiger partial charge in [-0.05, 0) is 41.0 Å². The van der Waals surface area contributed by atoms with Gasteiger partial charge < -0.3 is 25.3 Å². The maximum Gasteiger partial charge on any atom is 0.329 e. The van der Waals surface area contributed by atoms with Crippen LogP contribution in [0.1, 0.15) is 17.2 Å². The number of benzene rings is 3. The molecule has 34 heavy (non-hydrogen) atoms. The van der Waals surface area contributed by atoms with E-state index in [1.807, 2.05) is 54.6 Å². The first kappa shape index (κ1) is 22.9. The Hall–Kier alpha value is -4.30. The number of aliphatic hydroxyl groups excluding tert-OH is 1. The van der Waals surface area contributed by atoms with E-state index in [1.54, 1.807) is 31.4 Å². The van der Waals surface area contributed by atoms with Crippen molar-refractivity contribution >= 4 is 11.6 Å². The van der Waals surface area contributed by atoms with Crippen molar-refractivity contribution < 1.29 is 19.7 Å². The number of amides is 1. The first-order valence-electron chi connectivity index (χ1n) is 10.7. The molecule has 0 aliphatic rings. The molecule has 174 valence electrons. The van der Waals surface area contributed by atoms with Crippen molar-refractivity contribution in [2.24, 2.45) is 0 Å². The van der Waals surface area contributed by atoms with Crippen molar-refractivity contribution in [1.29, 1.82) is 0 Å². The Balaban J connectivity index is 1.57. The van der Waals surface area contributed by atoms with Crippen LogP contribution in [-0.4, -0.2) is 39.4 Å². The molecule has 0 radical (unpaired) electrons. The highest BCUT2D eigenvalue weighted by Gasteiger charge is 2.24. The molecule has 1 heterocycles. The number of aromatic nitrogens is 2. The van der Waals surface area contributed by atoms with Crippen molar-refractivity contribution in [3.63, 3.8) is 0 Å². The molecule has 1 atom stereocenters. The number of nitrogens with one attached hydrogen (secondary N) is 2. The van der Waals surface area contributed by atoms with Crippen molar-refractivity contribution in [2.45, 2.75) is 12.5 Å². The van der Waals surface area contributed by atoms with Crippen LogP contribution in [0.25, 0.3) is 11.1 Å². The van der Waals surface area contributed by atoms with Crippen LogP contribution >= 0.6 is 0 Å². The number of methoxy groups -OCH3 is 1. The third kappa shape index (κ3) is 4.87. The zero-order valence-corrected chi connectivity index (χ0v) is 18.6. The van der Waals surface area contributed by atoms with E-state index in [1.165, 1.54) is 0 Å². The highest BCUT2D eigenvalue weighted by atomic mass is 16.5. The summed E-state index contributed by atoms with van der Waals surface area (Å²) in [5.41, 5.74) is 2.70. The molecule has 0 fully saturated rings. The first-order valence-corrected chi connectivity index (χ1v) is 10.7. The van der Waals surface area contributed by atoms with Crippen molar-refractivity contribution in [2.75, 3.05) is 19.0 Å². The number of carbonyl (C=O) groups is 1. The highest BCUT2D eigenvalue weighted by molar-refractivity contribution is 5.90. The number of aromatic hydroxyl groups is 1. The summed E-state index contributed by atoms with van der Waals surface area (Å²) in [6.45, 7) is -0.737. The van der Waals surface area contributed by atoms with E-state index in [9.17, 15) is 19.8 Å². The van der Waals surface area contributed by atoms with Gasteiger partial charge in [-0.3, -0.25) is 9.36 Å². The van der Waals surface area contributed by atoms with Gasteiger partial charge in [0.1, 0.15) is 12.3 Å². The molecule has 3 aromatic carbocycles. The summed E-state index contributed by atoms with van der Waals surface area (Å²) in [6.07, 6.45) is 0. The third-order valence-electron chi connectivity index (χ3n) is 5.59. The van der Waals surface area contributed by atoms with Crippen molar-refractivity contribution in [1.82, 2.24) is 9.55 Å². The molecule has 0 aliphatic carbocycles. The van der Waals surface area contributed by atoms with Crippen LogP contribution < -0.4 is 15.7 Å². The molecule has 0 saturated heterocycles. The molecule has 0 spiro atoms. The zero-order valence-electron chi connectivity index (χ0n) is 18.6. The number of anilines is 1. The summed E-state index contributed by atoms with van der Waals surface area (Å²) in [5.74, 6) is -0.908. The van der Waals surface area contributed by atoms with Crippen molar-refractivity contribution in [3.05, 3.63) is 101 Å². The minimum absolute atomic E-state index is 0.148. The first-order chi connectivity index (χ1) is 16.5. The summed E-state index contributed by atoms with van der Waals surface area (Å²) in [6, 6.07) is 24.0. The number of rotatable bonds is 8. The minimum atomic E-state index is -0.678. The summed E-state index contributed by atoms with van der Waals surface area (Å²) < 4.78 is 6.03. The Morgan fingerprint density at radius 2 is 1.74 bits per heavy atom. The van der Waals surface area contributed by atoms with Crippen LogP contribution in [-0.2, 0) is 11.3 Å². The molecular formula is C26H25N3O5. The van der Waals surface area contributed by atoms with Gasteiger partial charge in [-0.2, -0.15) is 0 Å². The lowest BCUT2D eigenvalue weighted by atomic mass is 9.93. The van der Waals surface area contributed by atoms with Crippen LogP contribution in [0.15, 0.2) is 83.7 Å². The van der Waals surface area contributed by atoms with Crippen LogP contribution in [0, 0.1) is 0 Å². The molecule has 1 unspecified atom stereocenters. The van der Waals surface area contributed by atoms with Crippen LogP contribution in [0.3, 0.4) is 0 Å². The molecule has 1 aromatic heterocycles. The standard InChI is InChI=1S/C26H25N3O5/c1-34-21-12-10-20(11-13-21)27-23(31)15-29-25(32)24(28-26(29)33)22(16-30)19-9-5-8-18(14-19)17-6-3-2-4-7-17/h2-14,22,30,32H,15-16H2,1H3,(H,27,31)(H,28,33). The largest absolute Gasteiger partial charge is 0.497 e. The van der Waals surface area contributed by atoms with Crippen LogP contribution in [0.5, 0.6) is 11.6 Å². The quantitative estimate of drug-likeness (QED) is 0.323. The number of imidazole rings is 1. The number of hydrogen-bond donors (Lipinski definition) is 4. The number of hydrogen-bond acceptors (Lipinski definition) is 5. The Bertz CT molecular complexity index is 1330. The normalized spacial score (nSPS) is 11.7. The number of carbonyl (C=O) groups excluding carboxylic acids is 1. The van der Waals surface area contributed by atoms with Gasteiger partial charge in [-0.1, -0.05) is 54.6 Å². The number of aromatic amines is 1. The molecule has 8 nitrogen and oxygen atoms in total. The summed E-state index contributed by atoms with van der Waals surface area (Å²) in [4.78, 5) is 27.6. The Morgan fingerprint density at radius 3 is 2.41 bits per heavy atom. The SMILES string of the molecule is COc1ccc(NC(=O)Cn2c(O)c(C(CO)c3cccc(-c4ccccc4)c3)[nH]c2=O)cc1. The molecule has 1 amide bonds. The van der Waals surface area contributed by atoms with Gasteiger partial charge in [-0.15, -0.1) is 0 Å². The lowest BCUT2D eigenvalue weighted by Gasteiger charge is -2.15. The molecule has 4 aromatic rings. The maximum atomic E-state index is 12.5. The average Bonchev–Trinajstić information content (AvgIpc) is 3.14. The van der Waals surface area contributed by atoms with E-state index in [2.05, 4.69) is 10.3 Å². The summed E-state index contributed by atoms with van der Waals surface area (Å²) in [5, 5.41) is 23.6. The topological polar surface area (TPSA) is 117 Å². The zero-order chi connectivity index (χ0) is 24.1. The summed E-state index contributed by atoms with van der Waals surface area (Å²) >= 11 is 0. The maximum absolute atomic E-state index is 12.5. The minimum Gasteiger partial charge on any atom is -0.497 e.